The maximum absolute atomic E-state index is 13.0. The fourth-order valence-electron chi connectivity index (χ4n) is 3.64. The van der Waals surface area contributed by atoms with Gasteiger partial charge in [-0.05, 0) is 56.0 Å². The Labute approximate surface area is 172 Å². The van der Waals surface area contributed by atoms with Crippen molar-refractivity contribution >= 4 is 21.6 Å². The molecule has 6 nitrogen and oxygen atoms in total. The number of amides is 1. The first-order valence-electron chi connectivity index (χ1n) is 9.88. The van der Waals surface area contributed by atoms with E-state index in [4.69, 9.17) is 4.74 Å². The number of hydrogen-bond donors (Lipinski definition) is 2. The fraction of sp³-hybridized carbons (Fsp3) is 0.409. The second-order valence-corrected chi connectivity index (χ2v) is 9.33. The predicted octanol–water partition coefficient (Wildman–Crippen LogP) is 4.11. The molecule has 1 amide bonds. The highest BCUT2D eigenvalue weighted by Crippen LogP contribution is 2.28. The van der Waals surface area contributed by atoms with Crippen LogP contribution in [0.3, 0.4) is 0 Å². The van der Waals surface area contributed by atoms with Crippen molar-refractivity contribution in [3.63, 3.8) is 0 Å². The smallest absolute Gasteiger partial charge is 0.265 e. The number of sulfonamides is 1. The topological polar surface area (TPSA) is 84.5 Å². The van der Waals surface area contributed by atoms with E-state index >= 15 is 0 Å². The molecule has 2 atom stereocenters. The zero-order chi connectivity index (χ0) is 21.0. The zero-order valence-corrected chi connectivity index (χ0v) is 17.9. The van der Waals surface area contributed by atoms with Crippen molar-refractivity contribution in [2.24, 2.45) is 5.92 Å². The van der Waals surface area contributed by atoms with Crippen LogP contribution in [0.15, 0.2) is 47.4 Å². The average molecular weight is 417 g/mol. The molecule has 1 aliphatic rings. The van der Waals surface area contributed by atoms with Crippen LogP contribution in [-0.2, 0) is 10.0 Å². The van der Waals surface area contributed by atoms with Crippen molar-refractivity contribution in [3.05, 3.63) is 53.6 Å². The van der Waals surface area contributed by atoms with E-state index in [0.717, 1.165) is 24.8 Å². The second kappa shape index (κ2) is 8.86. The number of hydrogen-bond acceptors (Lipinski definition) is 4. The van der Waals surface area contributed by atoms with Crippen LogP contribution >= 0.6 is 0 Å². The van der Waals surface area contributed by atoms with E-state index in [1.165, 1.54) is 25.7 Å². The van der Waals surface area contributed by atoms with Gasteiger partial charge in [-0.3, -0.25) is 9.52 Å². The number of carbonyl (C=O) groups is 1. The van der Waals surface area contributed by atoms with Gasteiger partial charge in [0.1, 0.15) is 10.6 Å². The lowest BCUT2D eigenvalue weighted by Gasteiger charge is -2.29. The summed E-state index contributed by atoms with van der Waals surface area (Å²) in [5.74, 6) is 0.336. The van der Waals surface area contributed by atoms with Gasteiger partial charge >= 0.3 is 0 Å². The maximum Gasteiger partial charge on any atom is 0.265 e. The Morgan fingerprint density at radius 1 is 1.07 bits per heavy atom. The molecule has 0 spiro atoms. The molecule has 0 aliphatic heterocycles. The lowest BCUT2D eigenvalue weighted by atomic mass is 9.86. The molecule has 3 rings (SSSR count). The molecular weight excluding hydrogens is 388 g/mol. The molecule has 0 saturated heterocycles. The summed E-state index contributed by atoms with van der Waals surface area (Å²) in [5.41, 5.74) is 1.78. The first-order chi connectivity index (χ1) is 13.8. The molecule has 0 aromatic heterocycles. The summed E-state index contributed by atoms with van der Waals surface area (Å²) in [4.78, 5) is 12.7. The van der Waals surface area contributed by atoms with E-state index < -0.39 is 10.0 Å². The van der Waals surface area contributed by atoms with Gasteiger partial charge in [-0.1, -0.05) is 37.5 Å². The monoisotopic (exact) mass is 416 g/mol. The molecule has 1 fully saturated rings. The molecule has 1 saturated carbocycles. The lowest BCUT2D eigenvalue weighted by molar-refractivity contribution is 0.0910. The van der Waals surface area contributed by atoms with Crippen molar-refractivity contribution in [1.29, 1.82) is 0 Å². The summed E-state index contributed by atoms with van der Waals surface area (Å²) in [6.07, 6.45) is 4.32. The third kappa shape index (κ3) is 5.09. The van der Waals surface area contributed by atoms with Gasteiger partial charge in [-0.25, -0.2) is 8.42 Å². The van der Waals surface area contributed by atoms with E-state index in [9.17, 15) is 13.2 Å². The first-order valence-corrected chi connectivity index (χ1v) is 11.4. The standard InChI is InChI=1S/C22H28N2O4S/c1-15-8-11-18(12-9-15)24-29(26,27)21-14-17(10-13-20(21)28-3)22(25)23-19-7-5-4-6-16(19)2/h8-14,16,19,24H,4-7H2,1-3H3,(H,23,25)/t16-,19-/m0/s1. The van der Waals surface area contributed by atoms with Gasteiger partial charge in [0.15, 0.2) is 0 Å². The first kappa shape index (κ1) is 21.2. The van der Waals surface area contributed by atoms with Crippen molar-refractivity contribution in [3.8, 4) is 5.75 Å². The Morgan fingerprint density at radius 2 is 1.76 bits per heavy atom. The molecule has 156 valence electrons. The fourth-order valence-corrected chi connectivity index (χ4v) is 4.90. The second-order valence-electron chi connectivity index (χ2n) is 7.68. The van der Waals surface area contributed by atoms with E-state index in [-0.39, 0.29) is 22.6 Å². The summed E-state index contributed by atoms with van der Waals surface area (Å²) < 4.78 is 33.7. The number of benzene rings is 2. The number of aryl methyl sites for hydroxylation is 1. The van der Waals surface area contributed by atoms with E-state index in [0.29, 0.717) is 17.2 Å². The molecule has 2 aromatic carbocycles. The number of anilines is 1. The van der Waals surface area contributed by atoms with Crippen molar-refractivity contribution < 1.29 is 17.9 Å². The summed E-state index contributed by atoms with van der Waals surface area (Å²) in [5, 5.41) is 3.06. The molecule has 29 heavy (non-hydrogen) atoms. The van der Waals surface area contributed by atoms with Gasteiger partial charge in [0.2, 0.25) is 0 Å². The van der Waals surface area contributed by atoms with Crippen LogP contribution in [0.25, 0.3) is 0 Å². The minimum absolute atomic E-state index is 0.0649. The zero-order valence-electron chi connectivity index (χ0n) is 17.1. The van der Waals surface area contributed by atoms with Gasteiger partial charge in [-0.2, -0.15) is 0 Å². The number of ether oxygens (including phenoxy) is 1. The highest BCUT2D eigenvalue weighted by molar-refractivity contribution is 7.92. The predicted molar refractivity (Wildman–Crippen MR) is 114 cm³/mol. The van der Waals surface area contributed by atoms with Crippen LogP contribution in [0.2, 0.25) is 0 Å². The molecule has 0 heterocycles. The Bertz CT molecular complexity index is 971. The molecule has 2 N–H and O–H groups in total. The Kier molecular flexibility index (Phi) is 6.47. The Morgan fingerprint density at radius 3 is 2.41 bits per heavy atom. The van der Waals surface area contributed by atoms with Gasteiger partial charge in [0.05, 0.1) is 7.11 Å². The summed E-state index contributed by atoms with van der Waals surface area (Å²) in [6, 6.07) is 11.6. The molecule has 2 aromatic rings. The third-order valence-corrected chi connectivity index (χ3v) is 6.85. The number of methoxy groups -OCH3 is 1. The summed E-state index contributed by atoms with van der Waals surface area (Å²) in [7, 11) is -2.52. The van der Waals surface area contributed by atoms with Crippen LogP contribution in [0.5, 0.6) is 5.75 Å². The van der Waals surface area contributed by atoms with Gasteiger partial charge in [-0.15, -0.1) is 0 Å². The normalized spacial score (nSPS) is 19.4. The minimum atomic E-state index is -3.92. The van der Waals surface area contributed by atoms with E-state index in [1.807, 2.05) is 19.1 Å². The maximum atomic E-state index is 13.0. The largest absolute Gasteiger partial charge is 0.495 e. The van der Waals surface area contributed by atoms with Gasteiger partial charge in [0, 0.05) is 17.3 Å². The SMILES string of the molecule is COc1ccc(C(=O)N[C@H]2CCCC[C@@H]2C)cc1S(=O)(=O)Nc1ccc(C)cc1. The number of rotatable bonds is 6. The Balaban J connectivity index is 1.86. The van der Waals surface area contributed by atoms with Crippen LogP contribution in [0.1, 0.15) is 48.5 Å². The highest BCUT2D eigenvalue weighted by atomic mass is 32.2. The average Bonchev–Trinajstić information content (AvgIpc) is 2.70. The molecule has 1 aliphatic carbocycles. The van der Waals surface area contributed by atoms with Gasteiger partial charge in [0.25, 0.3) is 15.9 Å². The van der Waals surface area contributed by atoms with Crippen LogP contribution < -0.4 is 14.8 Å². The molecule has 7 heteroatoms. The van der Waals surface area contributed by atoms with Crippen LogP contribution in [0, 0.1) is 12.8 Å². The molecule has 0 unspecified atom stereocenters. The Hall–Kier alpha value is -2.54. The van der Waals surface area contributed by atoms with Crippen LogP contribution in [-0.4, -0.2) is 27.5 Å². The van der Waals surface area contributed by atoms with Crippen LogP contribution in [0.4, 0.5) is 5.69 Å². The molecule has 0 radical (unpaired) electrons. The van der Waals surface area contributed by atoms with E-state index in [2.05, 4.69) is 17.0 Å². The lowest BCUT2D eigenvalue weighted by Crippen LogP contribution is -2.41. The number of nitrogens with one attached hydrogen (secondary N) is 2. The number of carbonyl (C=O) groups excluding carboxylic acids is 1. The molecule has 0 bridgehead atoms. The highest BCUT2D eigenvalue weighted by Gasteiger charge is 2.25. The van der Waals surface area contributed by atoms with E-state index in [1.54, 1.807) is 18.2 Å². The minimum Gasteiger partial charge on any atom is -0.495 e. The quantitative estimate of drug-likeness (QED) is 0.742. The van der Waals surface area contributed by atoms with Gasteiger partial charge < -0.3 is 10.1 Å². The molecular formula is C22H28N2O4S. The third-order valence-electron chi connectivity index (χ3n) is 5.45. The van der Waals surface area contributed by atoms with Crippen molar-refractivity contribution in [1.82, 2.24) is 5.32 Å². The summed E-state index contributed by atoms with van der Waals surface area (Å²) in [6.45, 7) is 4.07. The summed E-state index contributed by atoms with van der Waals surface area (Å²) >= 11 is 0. The van der Waals surface area contributed by atoms with Crippen molar-refractivity contribution in [2.45, 2.75) is 50.5 Å². The van der Waals surface area contributed by atoms with Crippen molar-refractivity contribution in [2.75, 3.05) is 11.8 Å².